The van der Waals surface area contributed by atoms with Crippen LogP contribution in [0.1, 0.15) is 17.1 Å². The summed E-state index contributed by atoms with van der Waals surface area (Å²) in [7, 11) is 3.85. The molecule has 0 unspecified atom stereocenters. The molecule has 0 saturated heterocycles. The molecule has 3 aromatic rings. The molecule has 0 aromatic carbocycles. The lowest BCUT2D eigenvalue weighted by Crippen LogP contribution is -2.15. The standard InChI is InChI=1S/C13H17N7/c1-9-11-4-10(6-15-13(11)20(3)18-9)5-14-7-12-17-16-8-19(12)2/h4,6,8,14H,5,7H2,1-3H3. The average Bonchev–Trinajstić information content (AvgIpc) is 2.95. The van der Waals surface area contributed by atoms with Crippen LogP contribution in [0.4, 0.5) is 0 Å². The first-order chi connectivity index (χ1) is 9.65. The smallest absolute Gasteiger partial charge is 0.157 e. The van der Waals surface area contributed by atoms with E-state index in [0.29, 0.717) is 6.54 Å². The van der Waals surface area contributed by atoms with Crippen LogP contribution < -0.4 is 5.32 Å². The number of rotatable bonds is 4. The van der Waals surface area contributed by atoms with Crippen molar-refractivity contribution in [2.75, 3.05) is 0 Å². The molecule has 0 aliphatic carbocycles. The fourth-order valence-corrected chi connectivity index (χ4v) is 2.23. The third-order valence-electron chi connectivity index (χ3n) is 3.34. The van der Waals surface area contributed by atoms with Crippen LogP contribution in [0.2, 0.25) is 0 Å². The number of hydrogen-bond acceptors (Lipinski definition) is 5. The molecule has 0 saturated carbocycles. The Balaban J connectivity index is 1.72. The summed E-state index contributed by atoms with van der Waals surface area (Å²) < 4.78 is 3.71. The summed E-state index contributed by atoms with van der Waals surface area (Å²) in [5.41, 5.74) is 3.06. The minimum atomic E-state index is 0.681. The van der Waals surface area contributed by atoms with Gasteiger partial charge in [-0.15, -0.1) is 10.2 Å². The Morgan fingerprint density at radius 2 is 2.10 bits per heavy atom. The topological polar surface area (TPSA) is 73.5 Å². The quantitative estimate of drug-likeness (QED) is 0.756. The number of fused-ring (bicyclic) bond motifs is 1. The van der Waals surface area contributed by atoms with Gasteiger partial charge >= 0.3 is 0 Å². The highest BCUT2D eigenvalue weighted by Crippen LogP contribution is 2.16. The van der Waals surface area contributed by atoms with Crippen LogP contribution in [0.25, 0.3) is 11.0 Å². The summed E-state index contributed by atoms with van der Waals surface area (Å²) in [5.74, 6) is 0.914. The first kappa shape index (κ1) is 12.7. The third-order valence-corrected chi connectivity index (χ3v) is 3.34. The Morgan fingerprint density at radius 3 is 2.85 bits per heavy atom. The summed E-state index contributed by atoms with van der Waals surface area (Å²) in [4.78, 5) is 4.46. The Bertz CT molecular complexity index is 740. The summed E-state index contributed by atoms with van der Waals surface area (Å²) in [6.07, 6.45) is 3.58. The fourth-order valence-electron chi connectivity index (χ4n) is 2.23. The first-order valence-electron chi connectivity index (χ1n) is 6.47. The molecule has 7 nitrogen and oxygen atoms in total. The van der Waals surface area contributed by atoms with Crippen molar-refractivity contribution < 1.29 is 0 Å². The van der Waals surface area contributed by atoms with E-state index in [4.69, 9.17) is 0 Å². The van der Waals surface area contributed by atoms with Crippen LogP contribution in [-0.2, 0) is 27.2 Å². The summed E-state index contributed by atoms with van der Waals surface area (Å²) in [5, 5.41) is 16.7. The van der Waals surface area contributed by atoms with E-state index in [-0.39, 0.29) is 0 Å². The van der Waals surface area contributed by atoms with Crippen molar-refractivity contribution in [1.29, 1.82) is 0 Å². The molecule has 20 heavy (non-hydrogen) atoms. The zero-order valence-corrected chi connectivity index (χ0v) is 11.8. The van der Waals surface area contributed by atoms with Gasteiger partial charge in [-0.3, -0.25) is 4.68 Å². The van der Waals surface area contributed by atoms with Gasteiger partial charge in [-0.1, -0.05) is 0 Å². The molecule has 0 radical (unpaired) electrons. The second kappa shape index (κ2) is 5.01. The van der Waals surface area contributed by atoms with Gasteiger partial charge in [-0.25, -0.2) is 4.98 Å². The molecule has 0 spiro atoms. The molecular formula is C13H17N7. The van der Waals surface area contributed by atoms with Crippen molar-refractivity contribution in [3.8, 4) is 0 Å². The third kappa shape index (κ3) is 2.27. The molecule has 3 rings (SSSR count). The minimum Gasteiger partial charge on any atom is -0.320 e. The number of nitrogens with zero attached hydrogens (tertiary/aromatic N) is 6. The van der Waals surface area contributed by atoms with Crippen LogP contribution in [0.5, 0.6) is 0 Å². The molecule has 1 N–H and O–H groups in total. The highest BCUT2D eigenvalue weighted by atomic mass is 15.3. The van der Waals surface area contributed by atoms with Crippen molar-refractivity contribution in [2.24, 2.45) is 14.1 Å². The van der Waals surface area contributed by atoms with Gasteiger partial charge in [-0.2, -0.15) is 5.10 Å². The van der Waals surface area contributed by atoms with E-state index < -0.39 is 0 Å². The van der Waals surface area contributed by atoms with E-state index in [1.54, 1.807) is 11.0 Å². The lowest BCUT2D eigenvalue weighted by molar-refractivity contribution is 0.636. The van der Waals surface area contributed by atoms with Gasteiger partial charge in [0.25, 0.3) is 0 Å². The zero-order valence-electron chi connectivity index (χ0n) is 11.8. The van der Waals surface area contributed by atoms with E-state index in [9.17, 15) is 0 Å². The van der Waals surface area contributed by atoms with Gasteiger partial charge in [-0.05, 0) is 18.6 Å². The normalized spacial score (nSPS) is 11.3. The molecule has 7 heteroatoms. The van der Waals surface area contributed by atoms with Crippen LogP contribution in [0.15, 0.2) is 18.6 Å². The molecule has 0 bridgehead atoms. The van der Waals surface area contributed by atoms with Crippen molar-refractivity contribution in [2.45, 2.75) is 20.0 Å². The maximum Gasteiger partial charge on any atom is 0.157 e. The van der Waals surface area contributed by atoms with Crippen LogP contribution in [-0.4, -0.2) is 29.5 Å². The van der Waals surface area contributed by atoms with Crippen LogP contribution in [0, 0.1) is 6.92 Å². The van der Waals surface area contributed by atoms with Crippen molar-refractivity contribution >= 4 is 11.0 Å². The number of pyridine rings is 1. The second-order valence-electron chi connectivity index (χ2n) is 4.89. The van der Waals surface area contributed by atoms with Crippen molar-refractivity contribution in [1.82, 2.24) is 34.8 Å². The molecule has 0 amide bonds. The maximum atomic E-state index is 4.46. The van der Waals surface area contributed by atoms with Gasteiger partial charge < -0.3 is 9.88 Å². The Kier molecular flexibility index (Phi) is 3.19. The zero-order chi connectivity index (χ0) is 14.1. The van der Waals surface area contributed by atoms with E-state index in [1.807, 2.05) is 31.8 Å². The van der Waals surface area contributed by atoms with E-state index in [0.717, 1.165) is 34.7 Å². The highest BCUT2D eigenvalue weighted by molar-refractivity contribution is 5.78. The fraction of sp³-hybridized carbons (Fsp3) is 0.385. The predicted molar refractivity (Wildman–Crippen MR) is 74.8 cm³/mol. The van der Waals surface area contributed by atoms with E-state index in [2.05, 4.69) is 31.7 Å². The van der Waals surface area contributed by atoms with Gasteiger partial charge in [0.2, 0.25) is 0 Å². The molecule has 104 valence electrons. The lowest BCUT2D eigenvalue weighted by Gasteiger charge is -2.04. The number of nitrogens with one attached hydrogen (secondary N) is 1. The van der Waals surface area contributed by atoms with Crippen LogP contribution >= 0.6 is 0 Å². The Morgan fingerprint density at radius 1 is 1.25 bits per heavy atom. The number of aryl methyl sites for hydroxylation is 3. The van der Waals surface area contributed by atoms with Gasteiger partial charge in [0.1, 0.15) is 12.2 Å². The molecular weight excluding hydrogens is 254 g/mol. The maximum absolute atomic E-state index is 4.46. The monoisotopic (exact) mass is 271 g/mol. The second-order valence-corrected chi connectivity index (χ2v) is 4.89. The van der Waals surface area contributed by atoms with E-state index in [1.165, 1.54) is 0 Å². The SMILES string of the molecule is Cc1nn(C)c2ncc(CNCc3nncn3C)cc12. The molecule has 0 aliphatic heterocycles. The van der Waals surface area contributed by atoms with Gasteiger partial charge in [0.15, 0.2) is 5.65 Å². The minimum absolute atomic E-state index is 0.681. The van der Waals surface area contributed by atoms with Crippen molar-refractivity contribution in [3.05, 3.63) is 35.7 Å². The van der Waals surface area contributed by atoms with Gasteiger partial charge in [0.05, 0.1) is 12.2 Å². The lowest BCUT2D eigenvalue weighted by atomic mass is 10.2. The summed E-state index contributed by atoms with van der Waals surface area (Å²) >= 11 is 0. The number of aromatic nitrogens is 6. The predicted octanol–water partition coefficient (Wildman–Crippen LogP) is 0.695. The van der Waals surface area contributed by atoms with Gasteiger partial charge in [0, 0.05) is 32.2 Å². The molecule has 0 aliphatic rings. The summed E-state index contributed by atoms with van der Waals surface area (Å²) in [6.45, 7) is 3.42. The Labute approximate surface area is 116 Å². The first-order valence-corrected chi connectivity index (χ1v) is 6.47. The van der Waals surface area contributed by atoms with Crippen molar-refractivity contribution in [3.63, 3.8) is 0 Å². The highest BCUT2D eigenvalue weighted by Gasteiger charge is 2.07. The molecule has 3 aromatic heterocycles. The molecule has 0 fully saturated rings. The average molecular weight is 271 g/mol. The largest absolute Gasteiger partial charge is 0.320 e. The van der Waals surface area contributed by atoms with Crippen LogP contribution in [0.3, 0.4) is 0 Å². The molecule has 3 heterocycles. The number of hydrogen-bond donors (Lipinski definition) is 1. The summed E-state index contributed by atoms with van der Waals surface area (Å²) in [6, 6.07) is 2.13. The Hall–Kier alpha value is -2.28. The van der Waals surface area contributed by atoms with E-state index >= 15 is 0 Å². The molecule has 0 atom stereocenters.